The smallest absolute Gasteiger partial charge is 0.222 e. The van der Waals surface area contributed by atoms with Gasteiger partial charge in [-0.1, -0.05) is 0 Å². The molecule has 10 heavy (non-hydrogen) atoms. The van der Waals surface area contributed by atoms with Gasteiger partial charge in [-0.15, -0.1) is 0 Å². The van der Waals surface area contributed by atoms with E-state index in [9.17, 15) is 4.79 Å². The maximum Gasteiger partial charge on any atom is 0.222 e. The molecule has 0 aromatic heterocycles. The summed E-state index contributed by atoms with van der Waals surface area (Å²) in [6.07, 6.45) is 4.05. The molecule has 0 bridgehead atoms. The fraction of sp³-hybridized carbons (Fsp3) is 0.714. The van der Waals surface area contributed by atoms with Gasteiger partial charge in [0.2, 0.25) is 5.91 Å². The van der Waals surface area contributed by atoms with E-state index >= 15 is 0 Å². The van der Waals surface area contributed by atoms with Gasteiger partial charge in [-0.05, 0) is 25.9 Å². The molecule has 1 radical (unpaired) electrons. The molecule has 0 aromatic rings. The molecule has 57 valence electrons. The molecule has 1 heterocycles. The third kappa shape index (κ3) is 2.35. The lowest BCUT2D eigenvalue weighted by Gasteiger charge is -2.11. The molecule has 0 unspecified atom stereocenters. The largest absolute Gasteiger partial charge is 0.369 e. The molecule has 2 N–H and O–H groups in total. The standard InChI is InChI=1S/C7H13N2O/c8-7(10)3-6-9-4-1-2-5-9/h3H,1-2,4-6H2,(H2,8,10). The van der Waals surface area contributed by atoms with E-state index in [1.807, 2.05) is 0 Å². The van der Waals surface area contributed by atoms with Crippen LogP contribution in [0.15, 0.2) is 0 Å². The molecule has 1 fully saturated rings. The summed E-state index contributed by atoms with van der Waals surface area (Å²) in [5.74, 6) is -0.313. The molecule has 1 rings (SSSR count). The van der Waals surface area contributed by atoms with Crippen molar-refractivity contribution in [1.29, 1.82) is 0 Å². The van der Waals surface area contributed by atoms with Gasteiger partial charge in [-0.25, -0.2) is 0 Å². The second-order valence-corrected chi connectivity index (χ2v) is 2.61. The number of carbonyl (C=O) groups excluding carboxylic acids is 1. The minimum Gasteiger partial charge on any atom is -0.369 e. The normalized spacial score (nSPS) is 19.6. The van der Waals surface area contributed by atoms with E-state index < -0.39 is 0 Å². The maximum absolute atomic E-state index is 10.3. The molecule has 0 aliphatic carbocycles. The van der Waals surface area contributed by atoms with Crippen molar-refractivity contribution in [3.05, 3.63) is 6.42 Å². The topological polar surface area (TPSA) is 46.3 Å². The van der Waals surface area contributed by atoms with E-state index in [0.29, 0.717) is 0 Å². The van der Waals surface area contributed by atoms with Crippen molar-refractivity contribution in [2.24, 2.45) is 5.73 Å². The fourth-order valence-corrected chi connectivity index (χ4v) is 1.18. The summed E-state index contributed by atoms with van der Waals surface area (Å²) in [4.78, 5) is 12.5. The summed E-state index contributed by atoms with van der Waals surface area (Å²) < 4.78 is 0. The molecule has 1 saturated heterocycles. The Kier molecular flexibility index (Phi) is 2.68. The maximum atomic E-state index is 10.3. The van der Waals surface area contributed by atoms with Gasteiger partial charge in [0.05, 0.1) is 6.42 Å². The van der Waals surface area contributed by atoms with Crippen LogP contribution in [0.2, 0.25) is 0 Å². The van der Waals surface area contributed by atoms with Crippen molar-refractivity contribution in [2.75, 3.05) is 19.6 Å². The third-order valence-electron chi connectivity index (χ3n) is 1.75. The van der Waals surface area contributed by atoms with Crippen LogP contribution < -0.4 is 5.73 Å². The number of hydrogen-bond acceptors (Lipinski definition) is 2. The van der Waals surface area contributed by atoms with Crippen LogP contribution in [-0.4, -0.2) is 30.4 Å². The number of rotatable bonds is 3. The summed E-state index contributed by atoms with van der Waals surface area (Å²) in [6, 6.07) is 0. The van der Waals surface area contributed by atoms with Crippen molar-refractivity contribution in [1.82, 2.24) is 4.90 Å². The first-order valence-corrected chi connectivity index (χ1v) is 3.64. The first-order valence-electron chi connectivity index (χ1n) is 3.64. The summed E-state index contributed by atoms with van der Waals surface area (Å²) in [6.45, 7) is 2.96. The Morgan fingerprint density at radius 1 is 1.50 bits per heavy atom. The highest BCUT2D eigenvalue weighted by Crippen LogP contribution is 2.06. The Bertz CT molecular complexity index is 119. The quantitative estimate of drug-likeness (QED) is 0.590. The molecule has 1 aliphatic heterocycles. The molecule has 0 spiro atoms. The van der Waals surface area contributed by atoms with Crippen molar-refractivity contribution in [3.8, 4) is 0 Å². The second kappa shape index (κ2) is 3.56. The molecule has 1 amide bonds. The van der Waals surface area contributed by atoms with Gasteiger partial charge >= 0.3 is 0 Å². The van der Waals surface area contributed by atoms with Crippen LogP contribution in [0.5, 0.6) is 0 Å². The monoisotopic (exact) mass is 141 g/mol. The van der Waals surface area contributed by atoms with Crippen molar-refractivity contribution < 1.29 is 4.79 Å². The lowest BCUT2D eigenvalue weighted by atomic mass is 10.4. The molecule has 1 aliphatic rings. The summed E-state index contributed by atoms with van der Waals surface area (Å²) in [5.41, 5.74) is 4.95. The van der Waals surface area contributed by atoms with Crippen LogP contribution in [0.4, 0.5) is 0 Å². The minimum atomic E-state index is -0.313. The van der Waals surface area contributed by atoms with Gasteiger partial charge in [-0.3, -0.25) is 4.79 Å². The second-order valence-electron chi connectivity index (χ2n) is 2.61. The minimum absolute atomic E-state index is 0.313. The summed E-state index contributed by atoms with van der Waals surface area (Å²) in [5, 5.41) is 0. The Hall–Kier alpha value is -0.570. The number of nitrogens with zero attached hydrogens (tertiary/aromatic N) is 1. The molecule has 0 saturated carbocycles. The van der Waals surface area contributed by atoms with Gasteiger partial charge < -0.3 is 10.6 Å². The summed E-state index contributed by atoms with van der Waals surface area (Å²) >= 11 is 0. The van der Waals surface area contributed by atoms with E-state index in [1.165, 1.54) is 19.3 Å². The molecule has 3 nitrogen and oxygen atoms in total. The fourth-order valence-electron chi connectivity index (χ4n) is 1.18. The molecule has 0 aromatic carbocycles. The molecular weight excluding hydrogens is 128 g/mol. The highest BCUT2D eigenvalue weighted by molar-refractivity contribution is 5.83. The highest BCUT2D eigenvalue weighted by Gasteiger charge is 2.11. The molecule has 3 heteroatoms. The van der Waals surface area contributed by atoms with E-state index in [-0.39, 0.29) is 5.91 Å². The average Bonchev–Trinajstić information content (AvgIpc) is 2.34. The zero-order chi connectivity index (χ0) is 7.40. The van der Waals surface area contributed by atoms with Crippen molar-refractivity contribution in [2.45, 2.75) is 12.8 Å². The van der Waals surface area contributed by atoms with E-state index in [0.717, 1.165) is 19.6 Å². The Balaban J connectivity index is 2.07. The Morgan fingerprint density at radius 3 is 2.60 bits per heavy atom. The summed E-state index contributed by atoms with van der Waals surface area (Å²) in [7, 11) is 0. The molecular formula is C7H13N2O. The predicted molar refractivity (Wildman–Crippen MR) is 39.2 cm³/mol. The Labute approximate surface area is 61.2 Å². The number of likely N-dealkylation sites (tertiary alicyclic amines) is 1. The van der Waals surface area contributed by atoms with Gasteiger partial charge in [0.25, 0.3) is 0 Å². The van der Waals surface area contributed by atoms with E-state index in [2.05, 4.69) is 4.90 Å². The average molecular weight is 141 g/mol. The first-order chi connectivity index (χ1) is 4.79. The first kappa shape index (κ1) is 7.54. The molecule has 0 atom stereocenters. The third-order valence-corrected chi connectivity index (χ3v) is 1.75. The van der Waals surface area contributed by atoms with Gasteiger partial charge in [0.15, 0.2) is 0 Å². The van der Waals surface area contributed by atoms with Gasteiger partial charge in [0.1, 0.15) is 0 Å². The van der Waals surface area contributed by atoms with Gasteiger partial charge in [-0.2, -0.15) is 0 Å². The van der Waals surface area contributed by atoms with Crippen LogP contribution in [-0.2, 0) is 4.79 Å². The van der Waals surface area contributed by atoms with Crippen LogP contribution in [0.3, 0.4) is 0 Å². The SMILES string of the molecule is NC(=O)[CH]CN1CCCC1. The highest BCUT2D eigenvalue weighted by atomic mass is 16.1. The number of carbonyl (C=O) groups is 1. The van der Waals surface area contributed by atoms with Gasteiger partial charge in [0, 0.05) is 6.54 Å². The number of amides is 1. The zero-order valence-corrected chi connectivity index (χ0v) is 6.05. The number of nitrogens with two attached hydrogens (primary N) is 1. The van der Waals surface area contributed by atoms with Crippen molar-refractivity contribution in [3.63, 3.8) is 0 Å². The predicted octanol–water partition coefficient (Wildman–Crippen LogP) is -0.228. The number of hydrogen-bond donors (Lipinski definition) is 1. The van der Waals surface area contributed by atoms with E-state index in [1.54, 1.807) is 0 Å². The van der Waals surface area contributed by atoms with Crippen LogP contribution in [0.1, 0.15) is 12.8 Å². The van der Waals surface area contributed by atoms with Crippen LogP contribution >= 0.6 is 0 Å². The lowest BCUT2D eigenvalue weighted by molar-refractivity contribution is -0.115. The Morgan fingerprint density at radius 2 is 2.10 bits per heavy atom. The van der Waals surface area contributed by atoms with Crippen LogP contribution in [0.25, 0.3) is 0 Å². The lowest BCUT2D eigenvalue weighted by Crippen LogP contribution is -2.25. The van der Waals surface area contributed by atoms with Crippen LogP contribution in [0, 0.1) is 6.42 Å². The zero-order valence-electron chi connectivity index (χ0n) is 6.05. The van der Waals surface area contributed by atoms with Crippen molar-refractivity contribution >= 4 is 5.91 Å². The van der Waals surface area contributed by atoms with E-state index in [4.69, 9.17) is 5.73 Å². The number of primary amides is 1.